The number of hydrogen-bond donors (Lipinski definition) is 0. The van der Waals surface area contributed by atoms with Gasteiger partial charge in [0.15, 0.2) is 0 Å². The van der Waals surface area contributed by atoms with Gasteiger partial charge in [-0.15, -0.1) is 0 Å². The van der Waals surface area contributed by atoms with Crippen LogP contribution in [-0.4, -0.2) is 51.2 Å². The van der Waals surface area contributed by atoms with Crippen LogP contribution in [0.25, 0.3) is 10.9 Å². The summed E-state index contributed by atoms with van der Waals surface area (Å²) in [5.41, 5.74) is 2.11. The maximum Gasteiger partial charge on any atom is 0.254 e. The lowest BCUT2D eigenvalue weighted by atomic mass is 10.1. The van der Waals surface area contributed by atoms with Crippen LogP contribution >= 0.6 is 0 Å². The molecule has 0 aliphatic carbocycles. The van der Waals surface area contributed by atoms with Crippen molar-refractivity contribution in [3.8, 4) is 17.2 Å². The second kappa shape index (κ2) is 10.4. The van der Waals surface area contributed by atoms with E-state index in [0.29, 0.717) is 47.2 Å². The van der Waals surface area contributed by atoms with Crippen LogP contribution < -0.4 is 19.1 Å². The largest absolute Gasteiger partial charge is 0.497 e. The van der Waals surface area contributed by atoms with Crippen molar-refractivity contribution in [3.05, 3.63) is 77.7 Å². The second-order valence-electron chi connectivity index (χ2n) is 8.20. The first kappa shape index (κ1) is 23.9. The van der Waals surface area contributed by atoms with Gasteiger partial charge in [0.2, 0.25) is 0 Å². The Labute approximate surface area is 204 Å². The van der Waals surface area contributed by atoms with Crippen LogP contribution in [0.3, 0.4) is 0 Å². The zero-order valence-electron chi connectivity index (χ0n) is 20.6. The second-order valence-corrected chi connectivity index (χ2v) is 8.20. The Morgan fingerprint density at radius 3 is 2.23 bits per heavy atom. The van der Waals surface area contributed by atoms with Crippen molar-refractivity contribution in [2.24, 2.45) is 0 Å². The summed E-state index contributed by atoms with van der Waals surface area (Å²) in [7, 11) is 8.68. The maximum atomic E-state index is 13.6. The van der Waals surface area contributed by atoms with Crippen molar-refractivity contribution in [3.63, 3.8) is 0 Å². The zero-order valence-corrected chi connectivity index (χ0v) is 20.6. The van der Waals surface area contributed by atoms with E-state index in [1.165, 1.54) is 0 Å². The number of aromatic nitrogens is 1. The molecule has 4 rings (SSSR count). The van der Waals surface area contributed by atoms with Gasteiger partial charge in [-0.25, -0.2) is 4.98 Å². The average molecular weight is 476 g/mol. The highest BCUT2D eigenvalue weighted by atomic mass is 16.5. The molecule has 0 aliphatic heterocycles. The molecule has 1 amide bonds. The summed E-state index contributed by atoms with van der Waals surface area (Å²) in [4.78, 5) is 22.2. The predicted octanol–water partition coefficient (Wildman–Crippen LogP) is 4.76. The summed E-state index contributed by atoms with van der Waals surface area (Å²) in [6, 6.07) is 16.4. The molecular weight excluding hydrogens is 446 g/mol. The minimum Gasteiger partial charge on any atom is -0.497 e. The molecule has 2 heterocycles. The molecule has 4 aromatic rings. The number of amides is 1. The molecule has 0 unspecified atom stereocenters. The Bertz CT molecular complexity index is 1300. The first-order valence-electron chi connectivity index (χ1n) is 11.1. The molecule has 0 saturated heterocycles. The first-order valence-corrected chi connectivity index (χ1v) is 11.1. The van der Waals surface area contributed by atoms with Crippen molar-refractivity contribution in [1.82, 2.24) is 9.88 Å². The fourth-order valence-electron chi connectivity index (χ4n) is 4.00. The van der Waals surface area contributed by atoms with Crippen molar-refractivity contribution in [2.45, 2.75) is 13.1 Å². The van der Waals surface area contributed by atoms with E-state index >= 15 is 0 Å². The molecule has 0 fully saturated rings. The number of carbonyl (C=O) groups is 1. The fraction of sp³-hybridized carbons (Fsp3) is 0.259. The summed E-state index contributed by atoms with van der Waals surface area (Å²) in [5.74, 6) is 3.30. The summed E-state index contributed by atoms with van der Waals surface area (Å²) in [6.07, 6.45) is 1.60. The molecule has 0 spiro atoms. The van der Waals surface area contributed by atoms with Gasteiger partial charge >= 0.3 is 0 Å². The molecule has 0 aliphatic rings. The molecule has 0 saturated carbocycles. The quantitative estimate of drug-likeness (QED) is 0.345. The van der Waals surface area contributed by atoms with Gasteiger partial charge < -0.3 is 28.4 Å². The zero-order chi connectivity index (χ0) is 24.9. The van der Waals surface area contributed by atoms with Crippen LogP contribution in [0.1, 0.15) is 21.7 Å². The SMILES string of the molecule is COc1ccc(C(=O)N(Cc2ccco2)Cc2cc3c(OC)ccc(OC)c3nc2N(C)C)cc1. The van der Waals surface area contributed by atoms with Crippen LogP contribution in [-0.2, 0) is 13.1 Å². The van der Waals surface area contributed by atoms with E-state index in [9.17, 15) is 4.79 Å². The number of methoxy groups -OCH3 is 3. The van der Waals surface area contributed by atoms with Gasteiger partial charge in [0.25, 0.3) is 5.91 Å². The van der Waals surface area contributed by atoms with Crippen LogP contribution in [0.4, 0.5) is 5.82 Å². The fourth-order valence-corrected chi connectivity index (χ4v) is 4.00. The molecule has 182 valence electrons. The van der Waals surface area contributed by atoms with Gasteiger partial charge in [0.1, 0.15) is 34.3 Å². The van der Waals surface area contributed by atoms with Gasteiger partial charge in [0, 0.05) is 30.6 Å². The lowest BCUT2D eigenvalue weighted by Crippen LogP contribution is -2.31. The Morgan fingerprint density at radius 1 is 0.914 bits per heavy atom. The monoisotopic (exact) mass is 475 g/mol. The van der Waals surface area contributed by atoms with E-state index in [2.05, 4.69) is 0 Å². The molecule has 35 heavy (non-hydrogen) atoms. The standard InChI is InChI=1S/C27H29N3O5/c1-29(2)26-19(15-22-23(33-4)12-13-24(34-5)25(22)28-26)16-30(17-21-7-6-14-35-21)27(31)18-8-10-20(32-3)11-9-18/h6-15H,16-17H2,1-5H3. The summed E-state index contributed by atoms with van der Waals surface area (Å²) < 4.78 is 21.9. The Hall–Kier alpha value is -4.20. The van der Waals surface area contributed by atoms with E-state index in [1.807, 2.05) is 49.3 Å². The highest BCUT2D eigenvalue weighted by Crippen LogP contribution is 2.35. The smallest absolute Gasteiger partial charge is 0.254 e. The van der Waals surface area contributed by atoms with Gasteiger partial charge in [-0.1, -0.05) is 0 Å². The average Bonchev–Trinajstić information content (AvgIpc) is 3.40. The van der Waals surface area contributed by atoms with Crippen LogP contribution in [0.15, 0.2) is 65.3 Å². The molecule has 0 atom stereocenters. The van der Waals surface area contributed by atoms with E-state index in [0.717, 1.165) is 16.8 Å². The number of hydrogen-bond acceptors (Lipinski definition) is 7. The van der Waals surface area contributed by atoms with E-state index < -0.39 is 0 Å². The van der Waals surface area contributed by atoms with Crippen molar-refractivity contribution in [2.75, 3.05) is 40.3 Å². The number of ether oxygens (including phenoxy) is 3. The number of pyridine rings is 1. The highest BCUT2D eigenvalue weighted by Gasteiger charge is 2.22. The third kappa shape index (κ3) is 5.01. The van der Waals surface area contributed by atoms with E-state index in [4.69, 9.17) is 23.6 Å². The van der Waals surface area contributed by atoms with Crippen LogP contribution in [0, 0.1) is 0 Å². The number of rotatable bonds is 9. The van der Waals surface area contributed by atoms with Crippen LogP contribution in [0.5, 0.6) is 17.2 Å². The Morgan fingerprint density at radius 2 is 1.63 bits per heavy atom. The number of carbonyl (C=O) groups excluding carboxylic acids is 1. The summed E-state index contributed by atoms with van der Waals surface area (Å²) in [6.45, 7) is 0.612. The Kier molecular flexibility index (Phi) is 7.10. The molecule has 2 aromatic carbocycles. The number of benzene rings is 2. The minimum atomic E-state index is -0.133. The molecule has 8 nitrogen and oxygen atoms in total. The summed E-state index contributed by atoms with van der Waals surface area (Å²) >= 11 is 0. The molecule has 8 heteroatoms. The third-order valence-electron chi connectivity index (χ3n) is 5.74. The number of fused-ring (bicyclic) bond motifs is 1. The van der Waals surface area contributed by atoms with Gasteiger partial charge in [-0.3, -0.25) is 4.79 Å². The van der Waals surface area contributed by atoms with E-state index in [-0.39, 0.29) is 5.91 Å². The number of anilines is 1. The van der Waals surface area contributed by atoms with Gasteiger partial charge in [0.05, 0.1) is 40.7 Å². The number of nitrogens with zero attached hydrogens (tertiary/aromatic N) is 3. The first-order chi connectivity index (χ1) is 16.9. The van der Waals surface area contributed by atoms with Crippen molar-refractivity contribution >= 4 is 22.6 Å². The normalized spacial score (nSPS) is 10.8. The van der Waals surface area contributed by atoms with E-state index in [1.54, 1.807) is 56.8 Å². The number of furan rings is 1. The Balaban J connectivity index is 1.79. The highest BCUT2D eigenvalue weighted by molar-refractivity contribution is 5.95. The molecule has 0 bridgehead atoms. The molecule has 0 radical (unpaired) electrons. The predicted molar refractivity (Wildman–Crippen MR) is 134 cm³/mol. The third-order valence-corrected chi connectivity index (χ3v) is 5.74. The maximum absolute atomic E-state index is 13.6. The lowest BCUT2D eigenvalue weighted by Gasteiger charge is -2.25. The molecular formula is C27H29N3O5. The van der Waals surface area contributed by atoms with Crippen molar-refractivity contribution < 1.29 is 23.4 Å². The van der Waals surface area contributed by atoms with Crippen molar-refractivity contribution in [1.29, 1.82) is 0 Å². The lowest BCUT2D eigenvalue weighted by molar-refractivity contribution is 0.0718. The minimum absolute atomic E-state index is 0.133. The van der Waals surface area contributed by atoms with Gasteiger partial charge in [-0.2, -0.15) is 0 Å². The summed E-state index contributed by atoms with van der Waals surface area (Å²) in [5, 5.41) is 0.808. The topological polar surface area (TPSA) is 77.3 Å². The molecule has 2 aromatic heterocycles. The van der Waals surface area contributed by atoms with Gasteiger partial charge in [-0.05, 0) is 54.6 Å². The van der Waals surface area contributed by atoms with Crippen LogP contribution in [0.2, 0.25) is 0 Å². The molecule has 0 N–H and O–H groups in total.